The first kappa shape index (κ1) is 7.90. The van der Waals surface area contributed by atoms with Crippen LogP contribution >= 0.6 is 0 Å². The first-order valence-electron chi connectivity index (χ1n) is 2.84. The number of rotatable bonds is 2. The van der Waals surface area contributed by atoms with Crippen molar-refractivity contribution in [3.05, 3.63) is 12.2 Å². The molecular formula is C7H10N2. The van der Waals surface area contributed by atoms with Crippen LogP contribution in [0.15, 0.2) is 17.1 Å². The van der Waals surface area contributed by atoms with E-state index in [9.17, 15) is 0 Å². The predicted octanol–water partition coefficient (Wildman–Crippen LogP) is 1.89. The summed E-state index contributed by atoms with van der Waals surface area (Å²) in [5, 5.41) is 8.14. The molecule has 0 N–H and O–H groups in total. The molecule has 0 atom stereocenters. The number of aliphatic imine (C=N–C) groups is 1. The Kier molecular flexibility index (Phi) is 3.38. The lowest BCUT2D eigenvalue weighted by Gasteiger charge is -1.95. The maximum absolute atomic E-state index is 8.14. The largest absolute Gasteiger partial charge is 0.205 e. The molecule has 0 aliphatic heterocycles. The fourth-order valence-electron chi connectivity index (χ4n) is 0.537. The number of nitrogens with zero attached hydrogens (tertiary/aromatic N) is 2. The Bertz CT molecular complexity index is 172. The summed E-state index contributed by atoms with van der Waals surface area (Å²) in [5.41, 5.74) is 1.66. The molecule has 0 bridgehead atoms. The molecule has 9 heavy (non-hydrogen) atoms. The molecule has 0 heterocycles. The van der Waals surface area contributed by atoms with E-state index in [0.29, 0.717) is 0 Å². The van der Waals surface area contributed by atoms with Gasteiger partial charge in [-0.25, -0.2) is 0 Å². The molecule has 0 aliphatic carbocycles. The molecule has 0 aromatic heterocycles. The Morgan fingerprint density at radius 1 is 1.78 bits per heavy atom. The molecule has 0 saturated carbocycles. The van der Waals surface area contributed by atoms with Gasteiger partial charge in [0.05, 0.1) is 5.71 Å². The molecule has 0 aromatic carbocycles. The molecular weight excluding hydrogens is 112 g/mol. The third kappa shape index (κ3) is 2.65. The molecule has 0 saturated heterocycles. The molecule has 48 valence electrons. The summed E-state index contributed by atoms with van der Waals surface area (Å²) in [5.74, 6) is 0. The van der Waals surface area contributed by atoms with E-state index in [1.807, 2.05) is 13.8 Å². The summed E-state index contributed by atoms with van der Waals surface area (Å²) in [6.45, 7) is 7.46. The lowest BCUT2D eigenvalue weighted by Crippen LogP contribution is -1.94. The molecule has 0 unspecified atom stereocenters. The van der Waals surface area contributed by atoms with Crippen LogP contribution in [0.3, 0.4) is 0 Å². The van der Waals surface area contributed by atoms with Crippen LogP contribution in [0.1, 0.15) is 20.3 Å². The van der Waals surface area contributed by atoms with E-state index in [0.717, 1.165) is 17.7 Å². The summed E-state index contributed by atoms with van der Waals surface area (Å²) >= 11 is 0. The van der Waals surface area contributed by atoms with Gasteiger partial charge in [-0.3, -0.25) is 0 Å². The van der Waals surface area contributed by atoms with Gasteiger partial charge in [-0.05, 0) is 18.9 Å². The van der Waals surface area contributed by atoms with Gasteiger partial charge in [0.1, 0.15) is 0 Å². The van der Waals surface area contributed by atoms with Crippen LogP contribution in [0.5, 0.6) is 0 Å². The standard InChI is InChI=1S/C7H10N2/c1-4-7(6(2)3)9-5-8/h2,4H2,1,3H3. The van der Waals surface area contributed by atoms with Gasteiger partial charge in [-0.2, -0.15) is 10.3 Å². The topological polar surface area (TPSA) is 36.1 Å². The zero-order valence-corrected chi connectivity index (χ0v) is 5.81. The number of hydrogen-bond acceptors (Lipinski definition) is 2. The molecule has 0 spiro atoms. The van der Waals surface area contributed by atoms with E-state index in [2.05, 4.69) is 11.6 Å². The van der Waals surface area contributed by atoms with Crippen molar-refractivity contribution < 1.29 is 0 Å². The highest BCUT2D eigenvalue weighted by atomic mass is 14.7. The second kappa shape index (κ2) is 3.85. The van der Waals surface area contributed by atoms with Crippen molar-refractivity contribution in [3.63, 3.8) is 0 Å². The molecule has 0 radical (unpaired) electrons. The zero-order valence-electron chi connectivity index (χ0n) is 5.81. The van der Waals surface area contributed by atoms with E-state index in [1.165, 1.54) is 0 Å². The van der Waals surface area contributed by atoms with Gasteiger partial charge in [0, 0.05) is 0 Å². The van der Waals surface area contributed by atoms with Gasteiger partial charge >= 0.3 is 0 Å². The maximum Gasteiger partial charge on any atom is 0.205 e. The summed E-state index contributed by atoms with van der Waals surface area (Å²) in [7, 11) is 0. The lowest BCUT2D eigenvalue weighted by atomic mass is 10.2. The monoisotopic (exact) mass is 122 g/mol. The highest BCUT2D eigenvalue weighted by Crippen LogP contribution is 1.96. The normalized spacial score (nSPS) is 10.6. The van der Waals surface area contributed by atoms with Gasteiger partial charge in [-0.1, -0.05) is 13.5 Å². The van der Waals surface area contributed by atoms with Crippen molar-refractivity contribution in [1.29, 1.82) is 5.26 Å². The maximum atomic E-state index is 8.14. The van der Waals surface area contributed by atoms with E-state index in [1.54, 1.807) is 6.19 Å². The van der Waals surface area contributed by atoms with Crippen LogP contribution in [0.25, 0.3) is 0 Å². The highest BCUT2D eigenvalue weighted by Gasteiger charge is 1.93. The van der Waals surface area contributed by atoms with Crippen molar-refractivity contribution in [2.75, 3.05) is 0 Å². The summed E-state index contributed by atoms with van der Waals surface area (Å²) < 4.78 is 0. The van der Waals surface area contributed by atoms with Gasteiger partial charge in [0.2, 0.25) is 6.19 Å². The Morgan fingerprint density at radius 2 is 2.33 bits per heavy atom. The van der Waals surface area contributed by atoms with E-state index in [-0.39, 0.29) is 0 Å². The van der Waals surface area contributed by atoms with Crippen LogP contribution in [0, 0.1) is 11.5 Å². The van der Waals surface area contributed by atoms with Gasteiger partial charge < -0.3 is 0 Å². The minimum absolute atomic E-state index is 0.781. The smallest absolute Gasteiger partial charge is 0.178 e. The SMILES string of the molecule is C=C(C)C(CC)=NC#N. The van der Waals surface area contributed by atoms with Crippen molar-refractivity contribution in [3.8, 4) is 6.19 Å². The molecule has 0 amide bonds. The Labute approximate surface area is 55.5 Å². The molecule has 0 aliphatic rings. The quantitative estimate of drug-likeness (QED) is 0.407. The first-order valence-corrected chi connectivity index (χ1v) is 2.84. The number of nitriles is 1. The predicted molar refractivity (Wildman–Crippen MR) is 38.2 cm³/mol. The van der Waals surface area contributed by atoms with Crippen molar-refractivity contribution in [1.82, 2.24) is 0 Å². The second-order valence-electron chi connectivity index (χ2n) is 1.79. The van der Waals surface area contributed by atoms with Crippen LogP contribution in [0.4, 0.5) is 0 Å². The average Bonchev–Trinajstić information content (AvgIpc) is 1.82. The van der Waals surface area contributed by atoms with Crippen LogP contribution in [0.2, 0.25) is 0 Å². The Morgan fingerprint density at radius 3 is 2.44 bits per heavy atom. The Hall–Kier alpha value is -1.10. The van der Waals surface area contributed by atoms with Crippen LogP contribution in [-0.2, 0) is 0 Å². The van der Waals surface area contributed by atoms with E-state index >= 15 is 0 Å². The van der Waals surface area contributed by atoms with Crippen molar-refractivity contribution >= 4 is 5.71 Å². The van der Waals surface area contributed by atoms with E-state index in [4.69, 9.17) is 5.26 Å². The van der Waals surface area contributed by atoms with Gasteiger partial charge in [-0.15, -0.1) is 0 Å². The number of allylic oxidation sites excluding steroid dienone is 1. The molecule has 0 fully saturated rings. The zero-order chi connectivity index (χ0) is 7.28. The van der Waals surface area contributed by atoms with Crippen LogP contribution in [-0.4, -0.2) is 5.71 Å². The van der Waals surface area contributed by atoms with Gasteiger partial charge in [0.15, 0.2) is 0 Å². The number of hydrogen-bond donors (Lipinski definition) is 0. The fourth-order valence-corrected chi connectivity index (χ4v) is 0.537. The molecule has 0 rings (SSSR count). The van der Waals surface area contributed by atoms with Crippen molar-refractivity contribution in [2.45, 2.75) is 20.3 Å². The molecule has 0 aromatic rings. The van der Waals surface area contributed by atoms with Gasteiger partial charge in [0.25, 0.3) is 0 Å². The fraction of sp³-hybridized carbons (Fsp3) is 0.429. The van der Waals surface area contributed by atoms with E-state index < -0.39 is 0 Å². The third-order valence-corrected chi connectivity index (χ3v) is 1.01. The molecule has 2 heteroatoms. The molecule has 2 nitrogen and oxygen atoms in total. The van der Waals surface area contributed by atoms with Crippen molar-refractivity contribution in [2.24, 2.45) is 4.99 Å². The summed E-state index contributed by atoms with van der Waals surface area (Å²) in [4.78, 5) is 3.56. The minimum atomic E-state index is 0.781. The minimum Gasteiger partial charge on any atom is -0.178 e. The second-order valence-corrected chi connectivity index (χ2v) is 1.79. The summed E-state index contributed by atoms with van der Waals surface area (Å²) in [6.07, 6.45) is 2.51. The lowest BCUT2D eigenvalue weighted by molar-refractivity contribution is 1.25. The average molecular weight is 122 g/mol. The first-order chi connectivity index (χ1) is 4.22. The summed E-state index contributed by atoms with van der Waals surface area (Å²) in [6, 6.07) is 0. The Balaban J connectivity index is 4.20. The van der Waals surface area contributed by atoms with Crippen LogP contribution < -0.4 is 0 Å². The highest BCUT2D eigenvalue weighted by molar-refractivity contribution is 5.99. The third-order valence-electron chi connectivity index (χ3n) is 1.01.